The van der Waals surface area contributed by atoms with Gasteiger partial charge in [-0.25, -0.2) is 4.98 Å². The van der Waals surface area contributed by atoms with Gasteiger partial charge in [0, 0.05) is 37.7 Å². The summed E-state index contributed by atoms with van der Waals surface area (Å²) in [4.78, 5) is 33.9. The molecule has 0 N–H and O–H groups in total. The zero-order valence-corrected chi connectivity index (χ0v) is 18.2. The maximum Gasteiger partial charge on any atom is 0.261 e. The van der Waals surface area contributed by atoms with Crippen LogP contribution in [0.2, 0.25) is 5.02 Å². The molecule has 1 amide bonds. The zero-order valence-electron chi connectivity index (χ0n) is 17.5. The monoisotopic (exact) mass is 440 g/mol. The molecule has 1 saturated heterocycles. The van der Waals surface area contributed by atoms with Gasteiger partial charge in [-0.2, -0.15) is 0 Å². The molecule has 0 unspecified atom stereocenters. The Kier molecular flexibility index (Phi) is 6.53. The van der Waals surface area contributed by atoms with E-state index in [-0.39, 0.29) is 18.0 Å². The van der Waals surface area contributed by atoms with Crippen molar-refractivity contribution in [2.75, 3.05) is 39.3 Å². The van der Waals surface area contributed by atoms with E-state index in [2.05, 4.69) is 9.88 Å². The van der Waals surface area contributed by atoms with Crippen LogP contribution in [0.1, 0.15) is 5.56 Å². The SMILES string of the molecule is Cc1cccc2c(=O)n(CC(=O)N3CCN(CCOc4ccc(Cl)cc4)CC3)cnc12. The van der Waals surface area contributed by atoms with Gasteiger partial charge in [-0.3, -0.25) is 19.1 Å². The van der Waals surface area contributed by atoms with Crippen LogP contribution in [-0.2, 0) is 11.3 Å². The third-order valence-electron chi connectivity index (χ3n) is 5.58. The highest BCUT2D eigenvalue weighted by Crippen LogP contribution is 2.15. The highest BCUT2D eigenvalue weighted by atomic mass is 35.5. The number of carbonyl (C=O) groups excluding carboxylic acids is 1. The summed E-state index contributed by atoms with van der Waals surface area (Å²) in [7, 11) is 0. The quantitative estimate of drug-likeness (QED) is 0.589. The van der Waals surface area contributed by atoms with Crippen LogP contribution >= 0.6 is 11.6 Å². The van der Waals surface area contributed by atoms with E-state index < -0.39 is 0 Å². The lowest BCUT2D eigenvalue weighted by Gasteiger charge is -2.34. The normalized spacial score (nSPS) is 14.7. The second kappa shape index (κ2) is 9.49. The number of piperazine rings is 1. The molecule has 31 heavy (non-hydrogen) atoms. The van der Waals surface area contributed by atoms with Crippen molar-refractivity contribution in [2.24, 2.45) is 0 Å². The number of aromatic nitrogens is 2. The van der Waals surface area contributed by atoms with Crippen molar-refractivity contribution >= 4 is 28.4 Å². The minimum absolute atomic E-state index is 0.00932. The molecule has 2 aromatic carbocycles. The molecule has 1 fully saturated rings. The second-order valence-electron chi connectivity index (χ2n) is 7.67. The number of hydrogen-bond donors (Lipinski definition) is 0. The Morgan fingerprint density at radius 3 is 2.58 bits per heavy atom. The number of para-hydroxylation sites is 1. The van der Waals surface area contributed by atoms with Gasteiger partial charge >= 0.3 is 0 Å². The van der Waals surface area contributed by atoms with Crippen LogP contribution in [0.15, 0.2) is 53.6 Å². The van der Waals surface area contributed by atoms with Gasteiger partial charge < -0.3 is 9.64 Å². The van der Waals surface area contributed by atoms with Crippen LogP contribution in [0.25, 0.3) is 10.9 Å². The molecular weight excluding hydrogens is 416 g/mol. The van der Waals surface area contributed by atoms with Crippen LogP contribution in [0, 0.1) is 6.92 Å². The highest BCUT2D eigenvalue weighted by Gasteiger charge is 2.21. The first-order valence-corrected chi connectivity index (χ1v) is 10.7. The summed E-state index contributed by atoms with van der Waals surface area (Å²) < 4.78 is 7.15. The third-order valence-corrected chi connectivity index (χ3v) is 5.83. The third kappa shape index (κ3) is 5.06. The first kappa shape index (κ1) is 21.3. The minimum Gasteiger partial charge on any atom is -0.492 e. The Morgan fingerprint density at radius 2 is 1.84 bits per heavy atom. The Morgan fingerprint density at radius 1 is 1.10 bits per heavy atom. The zero-order chi connectivity index (χ0) is 21.8. The Balaban J connectivity index is 1.27. The lowest BCUT2D eigenvalue weighted by molar-refractivity contribution is -0.133. The van der Waals surface area contributed by atoms with Crippen LogP contribution < -0.4 is 10.3 Å². The molecule has 7 nitrogen and oxygen atoms in total. The summed E-state index contributed by atoms with van der Waals surface area (Å²) >= 11 is 5.88. The van der Waals surface area contributed by atoms with E-state index in [1.54, 1.807) is 18.2 Å². The number of nitrogens with zero attached hydrogens (tertiary/aromatic N) is 4. The fourth-order valence-electron chi connectivity index (χ4n) is 3.74. The number of amides is 1. The van der Waals surface area contributed by atoms with E-state index in [0.29, 0.717) is 35.6 Å². The number of fused-ring (bicyclic) bond motifs is 1. The Bertz CT molecular complexity index is 1120. The van der Waals surface area contributed by atoms with Gasteiger partial charge in [-0.05, 0) is 42.8 Å². The maximum atomic E-state index is 12.7. The van der Waals surface area contributed by atoms with Gasteiger partial charge in [-0.1, -0.05) is 23.7 Å². The van der Waals surface area contributed by atoms with Crippen molar-refractivity contribution in [1.29, 1.82) is 0 Å². The predicted molar refractivity (Wildman–Crippen MR) is 121 cm³/mol. The summed E-state index contributed by atoms with van der Waals surface area (Å²) in [6.07, 6.45) is 1.47. The molecule has 0 atom stereocenters. The molecule has 162 valence electrons. The molecule has 1 aliphatic heterocycles. The van der Waals surface area contributed by atoms with E-state index in [1.165, 1.54) is 10.9 Å². The number of ether oxygens (including phenoxy) is 1. The average molecular weight is 441 g/mol. The summed E-state index contributed by atoms with van der Waals surface area (Å²) in [5, 5.41) is 1.23. The molecule has 0 spiro atoms. The number of rotatable bonds is 6. The van der Waals surface area contributed by atoms with E-state index in [1.807, 2.05) is 36.1 Å². The standard InChI is InChI=1S/C23H25ClN4O3/c1-17-3-2-4-20-22(17)25-16-28(23(20)30)15-21(29)27-11-9-26(10-12-27)13-14-31-19-7-5-18(24)6-8-19/h2-8,16H,9-15H2,1H3. The van der Waals surface area contributed by atoms with Gasteiger partial charge in [0.1, 0.15) is 18.9 Å². The van der Waals surface area contributed by atoms with Crippen molar-refractivity contribution in [3.63, 3.8) is 0 Å². The molecule has 0 radical (unpaired) electrons. The summed E-state index contributed by atoms with van der Waals surface area (Å²) in [5.74, 6) is 0.732. The van der Waals surface area contributed by atoms with Crippen molar-refractivity contribution in [3.05, 3.63) is 69.7 Å². The topological polar surface area (TPSA) is 67.7 Å². The number of hydrogen-bond acceptors (Lipinski definition) is 5. The number of halogens is 1. The lowest BCUT2D eigenvalue weighted by Crippen LogP contribution is -2.50. The van der Waals surface area contributed by atoms with Crippen LogP contribution in [0.5, 0.6) is 5.75 Å². The average Bonchev–Trinajstić information content (AvgIpc) is 2.78. The molecule has 1 aromatic heterocycles. The van der Waals surface area contributed by atoms with Gasteiger partial charge in [0.15, 0.2) is 0 Å². The maximum absolute atomic E-state index is 12.7. The highest BCUT2D eigenvalue weighted by molar-refractivity contribution is 6.30. The van der Waals surface area contributed by atoms with Crippen molar-refractivity contribution in [3.8, 4) is 5.75 Å². The predicted octanol–water partition coefficient (Wildman–Crippen LogP) is 2.58. The molecular formula is C23H25ClN4O3. The first-order valence-electron chi connectivity index (χ1n) is 10.3. The molecule has 0 aliphatic carbocycles. The van der Waals surface area contributed by atoms with Crippen molar-refractivity contribution in [1.82, 2.24) is 19.4 Å². The largest absolute Gasteiger partial charge is 0.492 e. The fourth-order valence-corrected chi connectivity index (χ4v) is 3.87. The minimum atomic E-state index is -0.181. The first-order chi connectivity index (χ1) is 15.0. The van der Waals surface area contributed by atoms with E-state index in [0.717, 1.165) is 30.9 Å². The van der Waals surface area contributed by atoms with Gasteiger partial charge in [-0.15, -0.1) is 0 Å². The van der Waals surface area contributed by atoms with E-state index in [4.69, 9.17) is 16.3 Å². The molecule has 8 heteroatoms. The van der Waals surface area contributed by atoms with Crippen LogP contribution in [-0.4, -0.2) is 64.6 Å². The molecule has 0 saturated carbocycles. The van der Waals surface area contributed by atoms with E-state index in [9.17, 15) is 9.59 Å². The van der Waals surface area contributed by atoms with Crippen LogP contribution in [0.3, 0.4) is 0 Å². The van der Waals surface area contributed by atoms with E-state index >= 15 is 0 Å². The van der Waals surface area contributed by atoms with Gasteiger partial charge in [0.2, 0.25) is 5.91 Å². The van der Waals surface area contributed by atoms with Gasteiger partial charge in [0.05, 0.1) is 17.2 Å². The lowest BCUT2D eigenvalue weighted by atomic mass is 10.1. The van der Waals surface area contributed by atoms with Crippen molar-refractivity contribution in [2.45, 2.75) is 13.5 Å². The number of aryl methyl sites for hydroxylation is 1. The molecule has 4 rings (SSSR count). The molecule has 1 aliphatic rings. The fraction of sp³-hybridized carbons (Fsp3) is 0.348. The number of benzene rings is 2. The number of carbonyl (C=O) groups is 1. The summed E-state index contributed by atoms with van der Waals surface area (Å²) in [5.41, 5.74) is 1.45. The van der Waals surface area contributed by atoms with Crippen molar-refractivity contribution < 1.29 is 9.53 Å². The van der Waals surface area contributed by atoms with Crippen LogP contribution in [0.4, 0.5) is 0 Å². The molecule has 0 bridgehead atoms. The molecule has 3 aromatic rings. The second-order valence-corrected chi connectivity index (χ2v) is 8.11. The summed E-state index contributed by atoms with van der Waals surface area (Å²) in [6.45, 7) is 6.12. The molecule has 2 heterocycles. The summed E-state index contributed by atoms with van der Waals surface area (Å²) in [6, 6.07) is 12.8. The smallest absolute Gasteiger partial charge is 0.261 e. The van der Waals surface area contributed by atoms with Gasteiger partial charge in [0.25, 0.3) is 5.56 Å². The Hall–Kier alpha value is -2.90. The Labute approximate surface area is 185 Å².